The molecule has 0 radical (unpaired) electrons. The van der Waals surface area contributed by atoms with Crippen molar-refractivity contribution in [2.75, 3.05) is 19.0 Å². The van der Waals surface area contributed by atoms with Gasteiger partial charge in [0.2, 0.25) is 5.91 Å². The van der Waals surface area contributed by atoms with Crippen LogP contribution in [0.3, 0.4) is 0 Å². The van der Waals surface area contributed by atoms with Gasteiger partial charge in [0, 0.05) is 11.4 Å². The molecule has 8 heteroatoms. The van der Waals surface area contributed by atoms with E-state index >= 15 is 0 Å². The monoisotopic (exact) mass is 477 g/mol. The van der Waals surface area contributed by atoms with E-state index in [9.17, 15) is 9.59 Å². The molecule has 1 atom stereocenters. The highest BCUT2D eigenvalue weighted by molar-refractivity contribution is 8.16. The molecule has 2 aromatic carbocycles. The molecule has 0 aromatic heterocycles. The number of rotatable bonds is 7. The third kappa shape index (κ3) is 4.87. The molecule has 4 rings (SSSR count). The van der Waals surface area contributed by atoms with Gasteiger partial charge in [-0.15, -0.1) is 0 Å². The molecule has 34 heavy (non-hydrogen) atoms. The van der Waals surface area contributed by atoms with E-state index in [1.165, 1.54) is 11.8 Å². The van der Waals surface area contributed by atoms with Crippen LogP contribution in [-0.4, -0.2) is 35.7 Å². The fourth-order valence-electron chi connectivity index (χ4n) is 3.97. The van der Waals surface area contributed by atoms with Crippen LogP contribution in [0.2, 0.25) is 0 Å². The molecular weight excluding hydrogens is 450 g/mol. The van der Waals surface area contributed by atoms with Gasteiger partial charge in [-0.3, -0.25) is 4.79 Å². The molecule has 0 saturated carbocycles. The van der Waals surface area contributed by atoms with Crippen molar-refractivity contribution in [3.05, 3.63) is 82.0 Å². The summed E-state index contributed by atoms with van der Waals surface area (Å²) in [4.78, 5) is 32.5. The number of carbonyl (C=O) groups excluding carboxylic acids is 2. The van der Waals surface area contributed by atoms with Crippen LogP contribution in [0, 0.1) is 6.92 Å². The van der Waals surface area contributed by atoms with Crippen molar-refractivity contribution in [3.63, 3.8) is 0 Å². The fourth-order valence-corrected chi connectivity index (χ4v) is 4.94. The Hall–Kier alpha value is -3.52. The number of hydrogen-bond acceptors (Lipinski definition) is 7. The van der Waals surface area contributed by atoms with Crippen molar-refractivity contribution in [1.82, 2.24) is 4.90 Å². The van der Waals surface area contributed by atoms with E-state index in [4.69, 9.17) is 9.47 Å². The number of amides is 1. The number of anilines is 1. The summed E-state index contributed by atoms with van der Waals surface area (Å²) in [6.07, 6.45) is 0.134. The fraction of sp³-hybridized carbons (Fsp3) is 0.269. The lowest BCUT2D eigenvalue weighted by molar-refractivity contribution is -0.139. The molecule has 0 bridgehead atoms. The maximum atomic E-state index is 13.0. The van der Waals surface area contributed by atoms with Gasteiger partial charge in [-0.25, -0.2) is 9.79 Å². The molecule has 176 valence electrons. The minimum absolute atomic E-state index is 0.134. The second-order valence-electron chi connectivity index (χ2n) is 7.98. The van der Waals surface area contributed by atoms with E-state index in [1.54, 1.807) is 14.0 Å². The summed E-state index contributed by atoms with van der Waals surface area (Å²) in [6, 6.07) is 14.7. The summed E-state index contributed by atoms with van der Waals surface area (Å²) in [5.41, 5.74) is 4.52. The maximum absolute atomic E-state index is 13.0. The van der Waals surface area contributed by atoms with Crippen LogP contribution < -0.4 is 10.1 Å². The normalized spacial score (nSPS) is 17.1. The second-order valence-corrected chi connectivity index (χ2v) is 8.82. The van der Waals surface area contributed by atoms with Crippen LogP contribution >= 0.6 is 11.8 Å². The highest BCUT2D eigenvalue weighted by Crippen LogP contribution is 2.45. The van der Waals surface area contributed by atoms with Crippen molar-refractivity contribution in [2.24, 2.45) is 4.99 Å². The summed E-state index contributed by atoms with van der Waals surface area (Å²) in [7, 11) is 1.60. The highest BCUT2D eigenvalue weighted by Gasteiger charge is 2.41. The van der Waals surface area contributed by atoms with E-state index in [2.05, 4.69) is 10.3 Å². The lowest BCUT2D eigenvalue weighted by atomic mass is 9.93. The number of nitrogens with zero attached hydrogens (tertiary/aromatic N) is 2. The largest absolute Gasteiger partial charge is 0.497 e. The van der Waals surface area contributed by atoms with Crippen LogP contribution in [0.5, 0.6) is 5.75 Å². The number of nitrogens with one attached hydrogen (secondary N) is 1. The zero-order chi connectivity index (χ0) is 24.2. The zero-order valence-electron chi connectivity index (χ0n) is 19.6. The quantitative estimate of drug-likeness (QED) is 0.554. The smallest absolute Gasteiger partial charge is 0.338 e. The van der Waals surface area contributed by atoms with Crippen LogP contribution in [0.25, 0.3) is 0 Å². The van der Waals surface area contributed by atoms with Gasteiger partial charge in [0.05, 0.1) is 37.4 Å². The lowest BCUT2D eigenvalue weighted by Crippen LogP contribution is -2.37. The minimum Gasteiger partial charge on any atom is -0.497 e. The number of thioether (sulfide) groups is 1. The van der Waals surface area contributed by atoms with Crippen molar-refractivity contribution in [3.8, 4) is 5.75 Å². The number of allylic oxidation sites excluding steroid dienone is 1. The number of amidine groups is 1. The topological polar surface area (TPSA) is 80.2 Å². The minimum atomic E-state index is -0.491. The van der Waals surface area contributed by atoms with Crippen molar-refractivity contribution < 1.29 is 19.1 Å². The van der Waals surface area contributed by atoms with E-state index in [0.29, 0.717) is 17.0 Å². The Bertz CT molecular complexity index is 1200. The molecule has 1 N–H and O–H groups in total. The highest BCUT2D eigenvalue weighted by atomic mass is 32.2. The Morgan fingerprint density at radius 2 is 1.91 bits per heavy atom. The molecule has 0 spiro atoms. The average Bonchev–Trinajstić information content (AvgIpc) is 3.21. The molecule has 0 aliphatic carbocycles. The van der Waals surface area contributed by atoms with Gasteiger partial charge >= 0.3 is 5.97 Å². The van der Waals surface area contributed by atoms with Crippen LogP contribution in [0.4, 0.5) is 5.69 Å². The Kier molecular flexibility index (Phi) is 7.07. The first-order chi connectivity index (χ1) is 16.4. The zero-order valence-corrected chi connectivity index (χ0v) is 20.4. The Morgan fingerprint density at radius 1 is 1.15 bits per heavy atom. The molecule has 2 aliphatic rings. The SMILES string of the molecule is CCOC(=O)C1=C(C)N=C2SC=C(CC(=O)Nc3ccc(C)cc3)N2[C@H]1c1cccc(OC)c1. The number of ether oxygens (including phenoxy) is 2. The molecule has 2 heterocycles. The standard InChI is InChI=1S/C26H27N3O4S/c1-5-33-25(31)23-17(3)27-26-29(24(23)18-7-6-8-21(13-18)32-4)20(15-34-26)14-22(30)28-19-11-9-16(2)10-12-19/h6-13,15,24H,5,14H2,1-4H3,(H,28,30)/t24-/m0/s1. The van der Waals surface area contributed by atoms with E-state index in [0.717, 1.165) is 27.7 Å². The summed E-state index contributed by atoms with van der Waals surface area (Å²) in [5.74, 6) is 0.109. The maximum Gasteiger partial charge on any atom is 0.338 e. The molecule has 2 aromatic rings. The first-order valence-corrected chi connectivity index (χ1v) is 11.9. The van der Waals surface area contributed by atoms with Gasteiger partial charge < -0.3 is 19.7 Å². The van der Waals surface area contributed by atoms with Gasteiger partial charge in [0.15, 0.2) is 5.17 Å². The van der Waals surface area contributed by atoms with Crippen molar-refractivity contribution in [1.29, 1.82) is 0 Å². The van der Waals surface area contributed by atoms with Crippen LogP contribution in [0.15, 0.2) is 75.9 Å². The third-order valence-electron chi connectivity index (χ3n) is 5.58. The Balaban J connectivity index is 1.67. The van der Waals surface area contributed by atoms with E-state index in [-0.39, 0.29) is 18.9 Å². The number of methoxy groups -OCH3 is 1. The number of hydrogen-bond donors (Lipinski definition) is 1. The van der Waals surface area contributed by atoms with Crippen LogP contribution in [0.1, 0.15) is 37.4 Å². The van der Waals surface area contributed by atoms with Gasteiger partial charge in [-0.05, 0) is 56.0 Å². The van der Waals surface area contributed by atoms with Gasteiger partial charge in [-0.1, -0.05) is 41.6 Å². The molecule has 0 saturated heterocycles. The molecule has 0 unspecified atom stereocenters. The Labute approximate surface area is 203 Å². The second kappa shape index (κ2) is 10.2. The number of aliphatic imine (C=N–C) groups is 1. The number of carbonyl (C=O) groups is 2. The summed E-state index contributed by atoms with van der Waals surface area (Å²) in [5, 5.41) is 5.59. The van der Waals surface area contributed by atoms with Crippen molar-refractivity contribution in [2.45, 2.75) is 33.2 Å². The van der Waals surface area contributed by atoms with Gasteiger partial charge in [0.1, 0.15) is 5.75 Å². The number of aryl methyl sites for hydroxylation is 1. The van der Waals surface area contributed by atoms with E-state index in [1.807, 2.05) is 72.7 Å². The van der Waals surface area contributed by atoms with Crippen molar-refractivity contribution >= 4 is 34.5 Å². The number of esters is 1. The molecule has 2 aliphatic heterocycles. The number of fused-ring (bicyclic) bond motifs is 1. The summed E-state index contributed by atoms with van der Waals surface area (Å²) >= 11 is 1.44. The molecular formula is C26H27N3O4S. The lowest BCUT2D eigenvalue weighted by Gasteiger charge is -2.36. The molecule has 7 nitrogen and oxygen atoms in total. The summed E-state index contributed by atoms with van der Waals surface area (Å²) < 4.78 is 10.8. The average molecular weight is 478 g/mol. The predicted octanol–water partition coefficient (Wildman–Crippen LogP) is 5.17. The summed E-state index contributed by atoms with van der Waals surface area (Å²) in [6.45, 7) is 5.84. The number of benzene rings is 2. The van der Waals surface area contributed by atoms with E-state index < -0.39 is 12.0 Å². The molecule has 0 fully saturated rings. The predicted molar refractivity (Wildman–Crippen MR) is 134 cm³/mol. The first kappa shape index (κ1) is 23.6. The Morgan fingerprint density at radius 3 is 2.62 bits per heavy atom. The van der Waals surface area contributed by atoms with Gasteiger partial charge in [-0.2, -0.15) is 0 Å². The molecule has 1 amide bonds. The third-order valence-corrected chi connectivity index (χ3v) is 6.47. The van der Waals surface area contributed by atoms with Gasteiger partial charge in [0.25, 0.3) is 0 Å². The first-order valence-electron chi connectivity index (χ1n) is 11.0. The van der Waals surface area contributed by atoms with Crippen LogP contribution in [-0.2, 0) is 14.3 Å².